The third-order valence-corrected chi connectivity index (χ3v) is 6.34. The van der Waals surface area contributed by atoms with E-state index in [4.69, 9.17) is 9.31 Å². The second-order valence-electron chi connectivity index (χ2n) is 7.14. The van der Waals surface area contributed by atoms with Gasteiger partial charge in [-0.25, -0.2) is 0 Å². The molecule has 1 fully saturated rings. The quantitative estimate of drug-likeness (QED) is 0.776. The summed E-state index contributed by atoms with van der Waals surface area (Å²) in [7, 11) is -5.15. The smallest absolute Gasteiger partial charge is 0.399 e. The van der Waals surface area contributed by atoms with Crippen LogP contribution < -0.4 is 5.46 Å². The van der Waals surface area contributed by atoms with Crippen molar-refractivity contribution in [1.29, 1.82) is 0 Å². The van der Waals surface area contributed by atoms with E-state index in [0.29, 0.717) is 4.09 Å². The number of halogens is 1. The third-order valence-electron chi connectivity index (χ3n) is 4.76. The highest BCUT2D eigenvalue weighted by Crippen LogP contribution is 2.36. The van der Waals surface area contributed by atoms with Crippen molar-refractivity contribution in [2.45, 2.75) is 50.7 Å². The molecule has 0 N–H and O–H groups in total. The zero-order valence-corrected chi connectivity index (χ0v) is 15.6. The molecular weight excluding hydrogens is 346 g/mol. The highest BCUT2D eigenvalue weighted by atomic mass is 32.2. The molecule has 3 rings (SSSR count). The summed E-state index contributed by atoms with van der Waals surface area (Å²) in [5, 5.41) is 3.72. The fraction of sp³-hybridized carbons (Fsp3) is 0.438. The van der Waals surface area contributed by atoms with Crippen LogP contribution in [0.1, 0.15) is 33.3 Å². The lowest BCUT2D eigenvalue weighted by Gasteiger charge is -2.32. The summed E-state index contributed by atoms with van der Waals surface area (Å²) in [5.41, 5.74) is -0.475. The van der Waals surface area contributed by atoms with Crippen LogP contribution in [0.4, 0.5) is 4.39 Å². The molecule has 1 aromatic heterocycles. The first-order valence-corrected chi connectivity index (χ1v) is 9.31. The van der Waals surface area contributed by atoms with Gasteiger partial charge in [-0.3, -0.25) is 0 Å². The summed E-state index contributed by atoms with van der Waals surface area (Å²) < 4.78 is 52.0. The number of hydrogen-bond donors (Lipinski definition) is 0. The van der Waals surface area contributed by atoms with E-state index in [0.717, 1.165) is 11.8 Å². The molecular formula is C16H20BFN2O4S. The van der Waals surface area contributed by atoms with Crippen LogP contribution in [0.5, 0.6) is 0 Å². The van der Waals surface area contributed by atoms with Crippen molar-refractivity contribution in [3.8, 4) is 0 Å². The van der Waals surface area contributed by atoms with Crippen molar-refractivity contribution < 1.29 is 22.1 Å². The van der Waals surface area contributed by atoms with E-state index in [2.05, 4.69) is 5.10 Å². The fourth-order valence-electron chi connectivity index (χ4n) is 2.43. The normalized spacial score (nSPS) is 19.4. The van der Waals surface area contributed by atoms with Crippen LogP contribution >= 0.6 is 0 Å². The standard InChI is InChI=1S/C16H20BFN2O4S/c1-11-6-8-12(9-7-11)25(21,22)20-14(18)13(10-19-20)17-23-15(2,3)16(4,5)24-17/h6-10H,1-5H3. The van der Waals surface area contributed by atoms with Crippen molar-refractivity contribution in [3.63, 3.8) is 0 Å². The zero-order valence-electron chi connectivity index (χ0n) is 14.8. The molecule has 0 spiro atoms. The molecule has 0 bridgehead atoms. The molecule has 1 aliphatic heterocycles. The average molecular weight is 366 g/mol. The van der Waals surface area contributed by atoms with Gasteiger partial charge in [0.25, 0.3) is 10.0 Å². The summed E-state index contributed by atoms with van der Waals surface area (Å²) in [6.45, 7) is 9.16. The lowest BCUT2D eigenvalue weighted by molar-refractivity contribution is 0.00578. The minimum atomic E-state index is -4.13. The molecule has 0 unspecified atom stereocenters. The van der Waals surface area contributed by atoms with Crippen LogP contribution in [-0.2, 0) is 19.3 Å². The topological polar surface area (TPSA) is 70.4 Å². The predicted octanol–water partition coefficient (Wildman–Crippen LogP) is 1.87. The van der Waals surface area contributed by atoms with E-state index in [1.807, 2.05) is 34.6 Å². The molecule has 2 aromatic rings. The van der Waals surface area contributed by atoms with Gasteiger partial charge in [-0.15, -0.1) is 4.09 Å². The average Bonchev–Trinajstić information content (AvgIpc) is 2.97. The Labute approximate surface area is 147 Å². The molecule has 134 valence electrons. The highest BCUT2D eigenvalue weighted by molar-refractivity contribution is 7.89. The van der Waals surface area contributed by atoms with Gasteiger partial charge in [0.1, 0.15) is 0 Å². The Balaban J connectivity index is 1.99. The lowest BCUT2D eigenvalue weighted by Crippen LogP contribution is -2.41. The molecule has 2 heterocycles. The summed E-state index contributed by atoms with van der Waals surface area (Å²) in [4.78, 5) is -0.0411. The summed E-state index contributed by atoms with van der Waals surface area (Å²) in [6, 6.07) is 6.12. The van der Waals surface area contributed by atoms with Crippen molar-refractivity contribution >= 4 is 22.6 Å². The van der Waals surface area contributed by atoms with Gasteiger partial charge >= 0.3 is 7.12 Å². The molecule has 6 nitrogen and oxygen atoms in total. The maximum atomic E-state index is 14.8. The number of benzene rings is 1. The monoisotopic (exact) mass is 366 g/mol. The van der Waals surface area contributed by atoms with Crippen LogP contribution in [0.25, 0.3) is 0 Å². The Morgan fingerprint density at radius 2 is 1.60 bits per heavy atom. The SMILES string of the molecule is Cc1ccc(S(=O)(=O)n2ncc(B3OC(C)(C)C(C)(C)O3)c2F)cc1. The number of aryl methyl sites for hydroxylation is 1. The van der Waals surface area contributed by atoms with Crippen molar-refractivity contribution in [3.05, 3.63) is 42.0 Å². The Hall–Kier alpha value is -1.71. The maximum Gasteiger partial charge on any atom is 0.501 e. The minimum Gasteiger partial charge on any atom is -0.399 e. The third kappa shape index (κ3) is 2.90. The first kappa shape index (κ1) is 18.1. The zero-order chi connectivity index (χ0) is 18.6. The Morgan fingerprint density at radius 3 is 2.12 bits per heavy atom. The minimum absolute atomic E-state index is 0.0411. The van der Waals surface area contributed by atoms with Gasteiger partial charge < -0.3 is 9.31 Å². The van der Waals surface area contributed by atoms with Gasteiger partial charge in [0, 0.05) is 0 Å². The van der Waals surface area contributed by atoms with Crippen LogP contribution in [-0.4, -0.2) is 35.9 Å². The lowest BCUT2D eigenvalue weighted by atomic mass is 9.81. The molecule has 1 saturated heterocycles. The summed E-state index contributed by atoms with van der Waals surface area (Å²) >= 11 is 0. The molecule has 9 heteroatoms. The number of nitrogens with zero attached hydrogens (tertiary/aromatic N) is 2. The van der Waals surface area contributed by atoms with E-state index in [1.165, 1.54) is 12.1 Å². The van der Waals surface area contributed by atoms with Crippen LogP contribution in [0.3, 0.4) is 0 Å². The van der Waals surface area contributed by atoms with E-state index in [-0.39, 0.29) is 10.4 Å². The first-order valence-electron chi connectivity index (χ1n) is 7.87. The van der Waals surface area contributed by atoms with Gasteiger partial charge in [0.2, 0.25) is 5.95 Å². The highest BCUT2D eigenvalue weighted by Gasteiger charge is 2.53. The Morgan fingerprint density at radius 1 is 1.08 bits per heavy atom. The van der Waals surface area contributed by atoms with Crippen LogP contribution in [0.15, 0.2) is 35.4 Å². The van der Waals surface area contributed by atoms with E-state index < -0.39 is 34.3 Å². The van der Waals surface area contributed by atoms with E-state index in [1.54, 1.807) is 12.1 Å². The molecule has 0 amide bonds. The summed E-state index contributed by atoms with van der Waals surface area (Å²) in [5.74, 6) is -1.01. The van der Waals surface area contributed by atoms with E-state index >= 15 is 0 Å². The second-order valence-corrected chi connectivity index (χ2v) is 8.91. The number of hydrogen-bond acceptors (Lipinski definition) is 5. The number of aromatic nitrogens is 2. The van der Waals surface area contributed by atoms with Gasteiger partial charge in [-0.1, -0.05) is 17.7 Å². The second kappa shape index (κ2) is 5.65. The first-order chi connectivity index (χ1) is 11.5. The molecule has 0 saturated carbocycles. The maximum absolute atomic E-state index is 14.8. The largest absolute Gasteiger partial charge is 0.501 e. The van der Waals surface area contributed by atoms with Gasteiger partial charge in [-0.05, 0) is 46.8 Å². The molecule has 0 atom stereocenters. The van der Waals surface area contributed by atoms with Crippen LogP contribution in [0.2, 0.25) is 0 Å². The molecule has 25 heavy (non-hydrogen) atoms. The predicted molar refractivity (Wildman–Crippen MR) is 91.7 cm³/mol. The van der Waals surface area contributed by atoms with Gasteiger partial charge in [0.15, 0.2) is 0 Å². The molecule has 0 radical (unpaired) electrons. The Kier molecular flexibility index (Phi) is 4.09. The van der Waals surface area contributed by atoms with Crippen LogP contribution in [0, 0.1) is 12.9 Å². The molecule has 0 aliphatic carbocycles. The summed E-state index contributed by atoms with van der Waals surface area (Å²) in [6.07, 6.45) is 1.13. The van der Waals surface area contributed by atoms with Gasteiger partial charge in [-0.2, -0.15) is 17.9 Å². The number of rotatable bonds is 3. The van der Waals surface area contributed by atoms with Crippen molar-refractivity contribution in [2.75, 3.05) is 0 Å². The van der Waals surface area contributed by atoms with Crippen molar-refractivity contribution in [1.82, 2.24) is 9.19 Å². The molecule has 1 aromatic carbocycles. The van der Waals surface area contributed by atoms with E-state index in [9.17, 15) is 12.8 Å². The molecule has 1 aliphatic rings. The Bertz CT molecular complexity index is 891. The van der Waals surface area contributed by atoms with Gasteiger partial charge in [0.05, 0.1) is 27.8 Å². The fourth-order valence-corrected chi connectivity index (χ4v) is 3.60. The van der Waals surface area contributed by atoms with Crippen molar-refractivity contribution in [2.24, 2.45) is 0 Å².